The van der Waals surface area contributed by atoms with Crippen LogP contribution < -0.4 is 4.90 Å². The first-order chi connectivity index (χ1) is 9.08. The molecule has 0 bridgehead atoms. The molecule has 5 nitrogen and oxygen atoms in total. The lowest BCUT2D eigenvalue weighted by atomic mass is 10.1. The monoisotopic (exact) mass is 295 g/mol. The number of benzene rings is 1. The highest BCUT2D eigenvalue weighted by Gasteiger charge is 2.11. The molecule has 0 saturated carbocycles. The van der Waals surface area contributed by atoms with E-state index >= 15 is 0 Å². The Balaban J connectivity index is 2.08. The second-order valence-electron chi connectivity index (χ2n) is 4.00. The molecule has 0 unspecified atom stereocenters. The molecule has 0 aliphatic rings. The summed E-state index contributed by atoms with van der Waals surface area (Å²) in [5.74, 6) is -0.327. The number of thioether (sulfide) groups is 1. The second kappa shape index (κ2) is 6.03. The van der Waals surface area contributed by atoms with E-state index in [1.807, 2.05) is 31.1 Å². The molecule has 0 aliphatic heterocycles. The Morgan fingerprint density at radius 2 is 2.11 bits per heavy atom. The van der Waals surface area contributed by atoms with Crippen molar-refractivity contribution >= 4 is 34.2 Å². The zero-order chi connectivity index (χ0) is 13.8. The van der Waals surface area contributed by atoms with Gasteiger partial charge >= 0.3 is 5.97 Å². The Hall–Kier alpha value is -1.60. The molecule has 1 heterocycles. The first-order valence-electron chi connectivity index (χ1n) is 5.52. The molecule has 2 rings (SSSR count). The fourth-order valence-corrected chi connectivity index (χ4v) is 3.20. The van der Waals surface area contributed by atoms with Crippen molar-refractivity contribution in [3.63, 3.8) is 0 Å². The van der Waals surface area contributed by atoms with Crippen LogP contribution in [0.4, 0.5) is 5.13 Å². The summed E-state index contributed by atoms with van der Waals surface area (Å²) in [6.45, 7) is 0. The number of aromatic carboxylic acids is 1. The van der Waals surface area contributed by atoms with E-state index in [4.69, 9.17) is 5.11 Å². The Morgan fingerprint density at radius 1 is 1.37 bits per heavy atom. The van der Waals surface area contributed by atoms with Crippen LogP contribution in [0, 0.1) is 0 Å². The molecule has 0 spiro atoms. The molecular formula is C12H13N3O2S2. The van der Waals surface area contributed by atoms with Crippen molar-refractivity contribution in [2.45, 2.75) is 10.1 Å². The third kappa shape index (κ3) is 3.45. The van der Waals surface area contributed by atoms with Gasteiger partial charge in [-0.2, -0.15) is 0 Å². The molecule has 0 fully saturated rings. The van der Waals surface area contributed by atoms with Crippen molar-refractivity contribution in [1.29, 1.82) is 0 Å². The van der Waals surface area contributed by atoms with E-state index < -0.39 is 5.97 Å². The second-order valence-corrected chi connectivity index (χ2v) is 6.17. The van der Waals surface area contributed by atoms with Crippen LogP contribution in [0.15, 0.2) is 28.6 Å². The molecule has 0 saturated heterocycles. The third-order valence-corrected chi connectivity index (χ3v) is 4.65. The van der Waals surface area contributed by atoms with Gasteiger partial charge in [-0.05, 0) is 11.6 Å². The van der Waals surface area contributed by atoms with Crippen LogP contribution in [0.5, 0.6) is 0 Å². The van der Waals surface area contributed by atoms with Crippen molar-refractivity contribution in [2.24, 2.45) is 0 Å². The first kappa shape index (κ1) is 13.8. The van der Waals surface area contributed by atoms with Crippen molar-refractivity contribution in [3.05, 3.63) is 35.4 Å². The standard InChI is InChI=1S/C12H13N3O2S2/c1-15(2)11-13-14-12(19-11)18-7-8-5-3-4-6-9(8)10(16)17/h3-6H,7H2,1-2H3,(H,16,17). The Kier molecular flexibility index (Phi) is 4.39. The predicted octanol–water partition coefficient (Wildman–Crippen LogP) is 2.59. The summed E-state index contributed by atoms with van der Waals surface area (Å²) in [4.78, 5) is 13.0. The summed E-state index contributed by atoms with van der Waals surface area (Å²) in [5, 5.41) is 18.1. The summed E-state index contributed by atoms with van der Waals surface area (Å²) in [6.07, 6.45) is 0. The van der Waals surface area contributed by atoms with Gasteiger partial charge in [-0.15, -0.1) is 10.2 Å². The average Bonchev–Trinajstić information content (AvgIpc) is 2.85. The highest BCUT2D eigenvalue weighted by molar-refractivity contribution is 8.00. The molecule has 0 amide bonds. The van der Waals surface area contributed by atoms with Crippen molar-refractivity contribution in [2.75, 3.05) is 19.0 Å². The van der Waals surface area contributed by atoms with E-state index in [1.165, 1.54) is 23.1 Å². The van der Waals surface area contributed by atoms with Crippen LogP contribution in [0.1, 0.15) is 15.9 Å². The maximum absolute atomic E-state index is 11.1. The molecule has 2 aromatic rings. The van der Waals surface area contributed by atoms with E-state index in [2.05, 4.69) is 10.2 Å². The Labute approximate surface area is 119 Å². The highest BCUT2D eigenvalue weighted by Crippen LogP contribution is 2.30. The number of carbonyl (C=O) groups is 1. The van der Waals surface area contributed by atoms with Crippen molar-refractivity contribution in [1.82, 2.24) is 10.2 Å². The summed E-state index contributed by atoms with van der Waals surface area (Å²) in [5.41, 5.74) is 1.13. The van der Waals surface area contributed by atoms with Gasteiger partial charge in [-0.1, -0.05) is 41.3 Å². The van der Waals surface area contributed by atoms with E-state index in [1.54, 1.807) is 12.1 Å². The first-order valence-corrected chi connectivity index (χ1v) is 7.33. The summed E-state index contributed by atoms with van der Waals surface area (Å²) in [6, 6.07) is 7.01. The lowest BCUT2D eigenvalue weighted by Crippen LogP contribution is -2.07. The molecular weight excluding hydrogens is 282 g/mol. The van der Waals surface area contributed by atoms with Crippen LogP contribution in [0.25, 0.3) is 0 Å². The minimum atomic E-state index is -0.901. The number of nitrogens with zero attached hydrogens (tertiary/aromatic N) is 3. The number of rotatable bonds is 5. The van der Waals surface area contributed by atoms with Crippen molar-refractivity contribution < 1.29 is 9.90 Å². The third-order valence-electron chi connectivity index (χ3n) is 2.38. The zero-order valence-electron chi connectivity index (χ0n) is 10.5. The molecule has 0 aliphatic carbocycles. The summed E-state index contributed by atoms with van der Waals surface area (Å²) in [7, 11) is 3.82. The van der Waals surface area contributed by atoms with Gasteiger partial charge in [0.2, 0.25) is 5.13 Å². The Morgan fingerprint density at radius 3 is 2.74 bits per heavy atom. The van der Waals surface area contributed by atoms with Crippen LogP contribution in [-0.4, -0.2) is 35.4 Å². The lowest BCUT2D eigenvalue weighted by molar-refractivity contribution is 0.0696. The molecule has 1 N–H and O–H groups in total. The minimum absolute atomic E-state index is 0.340. The molecule has 100 valence electrons. The number of anilines is 1. The normalized spacial score (nSPS) is 10.4. The topological polar surface area (TPSA) is 66.3 Å². The van der Waals surface area contributed by atoms with Crippen molar-refractivity contribution in [3.8, 4) is 0 Å². The SMILES string of the molecule is CN(C)c1nnc(SCc2ccccc2C(=O)O)s1. The number of carboxylic acids is 1. The Bertz CT molecular complexity index is 584. The molecule has 7 heteroatoms. The van der Waals surface area contributed by atoms with Crippen LogP contribution >= 0.6 is 23.1 Å². The van der Waals surface area contributed by atoms with Crippen LogP contribution in [0.3, 0.4) is 0 Å². The number of hydrogen-bond acceptors (Lipinski definition) is 6. The summed E-state index contributed by atoms with van der Waals surface area (Å²) >= 11 is 2.99. The fraction of sp³-hybridized carbons (Fsp3) is 0.250. The highest BCUT2D eigenvalue weighted by atomic mass is 32.2. The van der Waals surface area contributed by atoms with E-state index in [0.29, 0.717) is 11.3 Å². The summed E-state index contributed by atoms with van der Waals surface area (Å²) < 4.78 is 0.837. The zero-order valence-corrected chi connectivity index (χ0v) is 12.2. The largest absolute Gasteiger partial charge is 0.478 e. The predicted molar refractivity (Wildman–Crippen MR) is 77.2 cm³/mol. The van der Waals surface area contributed by atoms with Crippen LogP contribution in [0.2, 0.25) is 0 Å². The average molecular weight is 295 g/mol. The number of carboxylic acid groups (broad SMARTS) is 1. The van der Waals surface area contributed by atoms with Crippen LogP contribution in [-0.2, 0) is 5.75 Å². The van der Waals surface area contributed by atoms with Gasteiger partial charge in [0.25, 0.3) is 0 Å². The lowest BCUT2D eigenvalue weighted by Gasteiger charge is -2.04. The van der Waals surface area contributed by atoms with Gasteiger partial charge in [-0.3, -0.25) is 0 Å². The minimum Gasteiger partial charge on any atom is -0.478 e. The van der Waals surface area contributed by atoms with Gasteiger partial charge in [0.05, 0.1) is 5.56 Å². The molecule has 1 aromatic heterocycles. The molecule has 0 radical (unpaired) electrons. The molecule has 19 heavy (non-hydrogen) atoms. The van der Waals surface area contributed by atoms with Gasteiger partial charge in [-0.25, -0.2) is 4.79 Å². The maximum atomic E-state index is 11.1. The maximum Gasteiger partial charge on any atom is 0.335 e. The van der Waals surface area contributed by atoms with E-state index in [-0.39, 0.29) is 0 Å². The fourth-order valence-electron chi connectivity index (χ4n) is 1.44. The van der Waals surface area contributed by atoms with E-state index in [0.717, 1.165) is 15.0 Å². The quantitative estimate of drug-likeness (QED) is 0.855. The molecule has 1 aromatic carbocycles. The number of aromatic nitrogens is 2. The smallest absolute Gasteiger partial charge is 0.335 e. The van der Waals surface area contributed by atoms with Gasteiger partial charge < -0.3 is 10.0 Å². The molecule has 0 atom stereocenters. The number of hydrogen-bond donors (Lipinski definition) is 1. The van der Waals surface area contributed by atoms with Gasteiger partial charge in [0.1, 0.15) is 0 Å². The van der Waals surface area contributed by atoms with E-state index in [9.17, 15) is 4.79 Å². The van der Waals surface area contributed by atoms with Gasteiger partial charge in [0, 0.05) is 19.8 Å². The van der Waals surface area contributed by atoms with Gasteiger partial charge in [0.15, 0.2) is 4.34 Å².